The molecule has 1 aromatic rings. The lowest BCUT2D eigenvalue weighted by molar-refractivity contribution is -0.153. The van der Waals surface area contributed by atoms with Gasteiger partial charge in [-0.05, 0) is 0 Å². The van der Waals surface area contributed by atoms with E-state index < -0.39 is 79.2 Å². The van der Waals surface area contributed by atoms with Gasteiger partial charge in [0.1, 0.15) is 17.4 Å². The van der Waals surface area contributed by atoms with Gasteiger partial charge in [0.05, 0.1) is 18.1 Å². The second-order valence-corrected chi connectivity index (χ2v) is 7.28. The Kier molecular flexibility index (Phi) is 6.77. The lowest BCUT2D eigenvalue weighted by atomic mass is 9.82. The number of halogens is 7. The number of nitrogens with one attached hydrogen (secondary N) is 1. The van der Waals surface area contributed by atoms with Gasteiger partial charge in [0, 0.05) is 23.9 Å². The van der Waals surface area contributed by atoms with Gasteiger partial charge in [-0.1, -0.05) is 12.2 Å². The van der Waals surface area contributed by atoms with Gasteiger partial charge in [-0.25, -0.2) is 8.78 Å². The van der Waals surface area contributed by atoms with E-state index in [1.807, 2.05) is 0 Å². The van der Waals surface area contributed by atoms with Crippen LogP contribution in [0.1, 0.15) is 0 Å². The lowest BCUT2D eigenvalue weighted by Gasteiger charge is -2.22. The van der Waals surface area contributed by atoms with Gasteiger partial charge < -0.3 is 24.6 Å². The molecule has 1 fully saturated rings. The maximum absolute atomic E-state index is 13.2. The molecule has 0 radical (unpaired) electrons. The predicted molar refractivity (Wildman–Crippen MR) is 95.5 cm³/mol. The molecule has 0 aromatic heterocycles. The molecule has 2 heterocycles. The predicted octanol–water partition coefficient (Wildman–Crippen LogP) is 3.50. The summed E-state index contributed by atoms with van der Waals surface area (Å²) in [5, 5.41) is 11.6. The van der Waals surface area contributed by atoms with E-state index in [-0.39, 0.29) is 5.69 Å². The van der Waals surface area contributed by atoms with Crippen LogP contribution in [-0.4, -0.2) is 60.9 Å². The topological polar surface area (TPSA) is 94.1 Å². The Morgan fingerprint density at radius 2 is 1.52 bits per heavy atom. The second kappa shape index (κ2) is 9.08. The molecule has 0 spiro atoms. The van der Waals surface area contributed by atoms with Crippen LogP contribution in [0.25, 0.3) is 0 Å². The fraction of sp³-hybridized carbons (Fsp3) is 0.474. The Bertz CT molecular complexity index is 936. The highest BCUT2D eigenvalue weighted by atomic mass is 19.4. The molecular formula is C19H16F7NO6. The number of hydrogen-bond acceptors (Lipinski definition) is 5. The van der Waals surface area contributed by atoms with Crippen LogP contribution in [-0.2, 0) is 14.3 Å². The lowest BCUT2D eigenvalue weighted by Crippen LogP contribution is -2.39. The van der Waals surface area contributed by atoms with Gasteiger partial charge >= 0.3 is 24.5 Å². The molecule has 3 rings (SSSR count). The standard InChI is InChI=1S/C19H16F7NO6/c20-17(21)18(22,23)6-31-9-3-8(4-10(5-9)32-7-19(24,25)26)27-15(28)13-11-1-2-12(33-11)14(13)16(29)30/h1-5,11-14,17H,6-7H2,(H,27,28)(H,29,30)/t11-,12-,13-,14-/m1/s1. The number of amides is 1. The summed E-state index contributed by atoms with van der Waals surface area (Å²) in [6, 6.07) is 2.54. The summed E-state index contributed by atoms with van der Waals surface area (Å²) in [4.78, 5) is 24.2. The van der Waals surface area contributed by atoms with E-state index in [2.05, 4.69) is 14.8 Å². The Morgan fingerprint density at radius 1 is 0.970 bits per heavy atom. The van der Waals surface area contributed by atoms with Crippen molar-refractivity contribution in [2.45, 2.75) is 30.7 Å². The number of benzene rings is 1. The van der Waals surface area contributed by atoms with Crippen molar-refractivity contribution in [3.8, 4) is 11.5 Å². The van der Waals surface area contributed by atoms with Crippen molar-refractivity contribution >= 4 is 17.6 Å². The molecule has 2 N–H and O–H groups in total. The summed E-state index contributed by atoms with van der Waals surface area (Å²) in [5.74, 6) is -10.3. The number of ether oxygens (including phenoxy) is 3. The number of rotatable bonds is 9. The van der Waals surface area contributed by atoms with Crippen molar-refractivity contribution in [3.63, 3.8) is 0 Å². The molecule has 2 aliphatic rings. The Hall–Kier alpha value is -3.03. The smallest absolute Gasteiger partial charge is 0.422 e. The first-order valence-corrected chi connectivity index (χ1v) is 9.28. The maximum atomic E-state index is 13.2. The molecule has 14 heteroatoms. The summed E-state index contributed by atoms with van der Waals surface area (Å²) >= 11 is 0. The molecule has 4 atom stereocenters. The number of fused-ring (bicyclic) bond motifs is 2. The fourth-order valence-electron chi connectivity index (χ4n) is 3.36. The molecule has 182 valence electrons. The van der Waals surface area contributed by atoms with Crippen molar-refractivity contribution in [3.05, 3.63) is 30.4 Å². The van der Waals surface area contributed by atoms with Crippen LogP contribution in [0.4, 0.5) is 36.4 Å². The molecular weight excluding hydrogens is 471 g/mol. The van der Waals surface area contributed by atoms with Crippen molar-refractivity contribution in [1.82, 2.24) is 0 Å². The number of aliphatic carboxylic acids is 1. The molecule has 33 heavy (non-hydrogen) atoms. The highest BCUT2D eigenvalue weighted by molar-refractivity contribution is 5.97. The number of anilines is 1. The van der Waals surface area contributed by atoms with Crippen LogP contribution in [0.15, 0.2) is 30.4 Å². The number of hydrogen-bond donors (Lipinski definition) is 2. The first-order valence-electron chi connectivity index (χ1n) is 9.28. The van der Waals surface area contributed by atoms with E-state index in [9.17, 15) is 45.4 Å². The Labute approximate surface area is 181 Å². The van der Waals surface area contributed by atoms with E-state index in [1.54, 1.807) is 0 Å². The van der Waals surface area contributed by atoms with Gasteiger partial charge in [-0.3, -0.25) is 9.59 Å². The van der Waals surface area contributed by atoms with E-state index in [4.69, 9.17) is 4.74 Å². The largest absolute Gasteiger partial charge is 0.487 e. The van der Waals surface area contributed by atoms with E-state index in [0.29, 0.717) is 0 Å². The zero-order valence-corrected chi connectivity index (χ0v) is 16.3. The maximum Gasteiger partial charge on any atom is 0.422 e. The molecule has 2 aliphatic heterocycles. The van der Waals surface area contributed by atoms with Gasteiger partial charge in [0.15, 0.2) is 13.2 Å². The summed E-state index contributed by atoms with van der Waals surface area (Å²) in [6.45, 7) is -3.57. The molecule has 0 aliphatic carbocycles. The molecule has 1 aromatic carbocycles. The average molecular weight is 487 g/mol. The monoisotopic (exact) mass is 487 g/mol. The normalized spacial score (nSPS) is 24.2. The second-order valence-electron chi connectivity index (χ2n) is 7.28. The molecule has 2 bridgehead atoms. The highest BCUT2D eigenvalue weighted by Crippen LogP contribution is 2.40. The van der Waals surface area contributed by atoms with Gasteiger partial charge in [-0.2, -0.15) is 22.0 Å². The molecule has 0 saturated carbocycles. The zero-order valence-electron chi connectivity index (χ0n) is 16.3. The minimum atomic E-state index is -4.76. The van der Waals surface area contributed by atoms with Crippen molar-refractivity contribution in [1.29, 1.82) is 0 Å². The molecule has 0 unspecified atom stereocenters. The number of carbonyl (C=O) groups excluding carboxylic acids is 1. The Morgan fingerprint density at radius 3 is 2.03 bits per heavy atom. The third kappa shape index (κ3) is 5.86. The first-order chi connectivity index (χ1) is 15.3. The number of carboxylic acids is 1. The van der Waals surface area contributed by atoms with E-state index >= 15 is 0 Å². The first kappa shape index (κ1) is 24.6. The third-order valence-corrected chi connectivity index (χ3v) is 4.79. The molecule has 1 saturated heterocycles. The van der Waals surface area contributed by atoms with Crippen LogP contribution >= 0.6 is 0 Å². The number of carbonyl (C=O) groups is 2. The fourth-order valence-corrected chi connectivity index (χ4v) is 3.36. The van der Waals surface area contributed by atoms with Crippen LogP contribution in [0.3, 0.4) is 0 Å². The molecule has 7 nitrogen and oxygen atoms in total. The van der Waals surface area contributed by atoms with E-state index in [0.717, 1.165) is 18.2 Å². The minimum absolute atomic E-state index is 0.300. The molecule has 1 amide bonds. The summed E-state index contributed by atoms with van der Waals surface area (Å²) in [5.41, 5.74) is -0.300. The van der Waals surface area contributed by atoms with Gasteiger partial charge in [0.25, 0.3) is 0 Å². The van der Waals surface area contributed by atoms with Crippen LogP contribution in [0.2, 0.25) is 0 Å². The van der Waals surface area contributed by atoms with E-state index in [1.165, 1.54) is 12.2 Å². The number of alkyl halides is 7. The van der Waals surface area contributed by atoms with Crippen molar-refractivity contribution in [2.75, 3.05) is 18.5 Å². The van der Waals surface area contributed by atoms with Crippen LogP contribution in [0.5, 0.6) is 11.5 Å². The number of carboxylic acid groups (broad SMARTS) is 1. The SMILES string of the molecule is O=C(O)[C@H]1[C@H](C(=O)Nc2cc(OCC(F)(F)F)cc(OCC(F)(F)C(F)F)c2)[C@H]2C=C[C@H]1O2. The van der Waals surface area contributed by atoms with Gasteiger partial charge in [-0.15, -0.1) is 0 Å². The summed E-state index contributed by atoms with van der Waals surface area (Å²) in [7, 11) is 0. The zero-order chi connectivity index (χ0) is 24.6. The quantitative estimate of drug-likeness (QED) is 0.409. The minimum Gasteiger partial charge on any atom is -0.487 e. The van der Waals surface area contributed by atoms with Crippen LogP contribution in [0, 0.1) is 11.8 Å². The summed E-state index contributed by atoms with van der Waals surface area (Å²) < 4.78 is 103. The summed E-state index contributed by atoms with van der Waals surface area (Å²) in [6.07, 6.45) is -7.56. The van der Waals surface area contributed by atoms with Crippen molar-refractivity contribution in [2.24, 2.45) is 11.8 Å². The average Bonchev–Trinajstić information content (AvgIpc) is 3.32. The van der Waals surface area contributed by atoms with Crippen LogP contribution < -0.4 is 14.8 Å². The van der Waals surface area contributed by atoms with Gasteiger partial charge in [0.2, 0.25) is 5.91 Å². The third-order valence-electron chi connectivity index (χ3n) is 4.79. The highest BCUT2D eigenvalue weighted by Gasteiger charge is 2.53. The Balaban J connectivity index is 1.81. The van der Waals surface area contributed by atoms with Crippen molar-refractivity contribution < 1.29 is 59.6 Å².